The molecule has 3 aliphatic rings. The molecule has 0 aliphatic carbocycles. The van der Waals surface area contributed by atoms with Crippen LogP contribution in [0.5, 0.6) is 5.75 Å². The van der Waals surface area contributed by atoms with Crippen LogP contribution >= 0.6 is 0 Å². The van der Waals surface area contributed by atoms with Crippen LogP contribution in [0.2, 0.25) is 0 Å². The fraction of sp³-hybridized carbons (Fsp3) is 0.647. The molecule has 0 amide bonds. The highest BCUT2D eigenvalue weighted by Gasteiger charge is 2.36. The Kier molecular flexibility index (Phi) is 3.20. The van der Waals surface area contributed by atoms with Crippen molar-refractivity contribution in [3.63, 3.8) is 0 Å². The van der Waals surface area contributed by atoms with Crippen molar-refractivity contribution in [2.45, 2.75) is 38.3 Å². The lowest BCUT2D eigenvalue weighted by Crippen LogP contribution is -2.41. The van der Waals surface area contributed by atoms with E-state index in [0.29, 0.717) is 6.10 Å². The molecule has 4 rings (SSSR count). The monoisotopic (exact) mass is 272 g/mol. The molecule has 0 aromatic heterocycles. The molecule has 2 fully saturated rings. The van der Waals surface area contributed by atoms with E-state index in [4.69, 9.17) is 4.74 Å². The highest BCUT2D eigenvalue weighted by Crippen LogP contribution is 2.31. The second-order valence-electron chi connectivity index (χ2n) is 6.74. The smallest absolute Gasteiger partial charge is 0.123 e. The average molecular weight is 272 g/mol. The Morgan fingerprint density at radius 1 is 1.35 bits per heavy atom. The van der Waals surface area contributed by atoms with Gasteiger partial charge in [-0.25, -0.2) is 0 Å². The minimum atomic E-state index is 0.354. The summed E-state index contributed by atoms with van der Waals surface area (Å²) in [6.45, 7) is 6.92. The van der Waals surface area contributed by atoms with E-state index in [1.165, 1.54) is 43.6 Å². The van der Waals surface area contributed by atoms with Gasteiger partial charge in [-0.05, 0) is 43.9 Å². The lowest BCUT2D eigenvalue weighted by molar-refractivity contribution is 0.165. The maximum absolute atomic E-state index is 6.12. The van der Waals surface area contributed by atoms with Crippen LogP contribution in [0.1, 0.15) is 24.0 Å². The summed E-state index contributed by atoms with van der Waals surface area (Å²) >= 11 is 0. The summed E-state index contributed by atoms with van der Waals surface area (Å²) in [5.74, 6) is 1.98. The van der Waals surface area contributed by atoms with Crippen molar-refractivity contribution in [3.05, 3.63) is 29.3 Å². The third kappa shape index (κ3) is 2.33. The van der Waals surface area contributed by atoms with E-state index >= 15 is 0 Å². The summed E-state index contributed by atoms with van der Waals surface area (Å²) in [7, 11) is 0. The Hall–Kier alpha value is -1.06. The first-order valence-corrected chi connectivity index (χ1v) is 8.00. The summed E-state index contributed by atoms with van der Waals surface area (Å²) in [5.41, 5.74) is 2.73. The SMILES string of the molecule is Cc1ccc2c(c1)CC(CN1CC3CCCNC3C1)O2. The molecule has 0 bridgehead atoms. The van der Waals surface area contributed by atoms with Gasteiger partial charge in [0.05, 0.1) is 0 Å². The van der Waals surface area contributed by atoms with E-state index in [2.05, 4.69) is 35.3 Å². The first-order chi connectivity index (χ1) is 9.78. The van der Waals surface area contributed by atoms with Crippen molar-refractivity contribution >= 4 is 0 Å². The number of nitrogens with one attached hydrogen (secondary N) is 1. The quantitative estimate of drug-likeness (QED) is 0.891. The number of hydrogen-bond acceptors (Lipinski definition) is 3. The third-order valence-corrected chi connectivity index (χ3v) is 5.09. The fourth-order valence-corrected chi connectivity index (χ4v) is 4.12. The van der Waals surface area contributed by atoms with Crippen LogP contribution in [-0.4, -0.2) is 43.2 Å². The molecule has 3 nitrogen and oxygen atoms in total. The standard InChI is InChI=1S/C17H24N2O/c1-12-4-5-17-14(7-12)8-15(20-17)10-19-9-13-3-2-6-18-16(13)11-19/h4-5,7,13,15-16,18H,2-3,6,8-11H2,1H3. The van der Waals surface area contributed by atoms with Crippen LogP contribution in [0.4, 0.5) is 0 Å². The van der Waals surface area contributed by atoms with Crippen molar-refractivity contribution in [3.8, 4) is 5.75 Å². The zero-order valence-electron chi connectivity index (χ0n) is 12.3. The predicted molar refractivity (Wildman–Crippen MR) is 80.3 cm³/mol. The molecule has 0 saturated carbocycles. The minimum Gasteiger partial charge on any atom is -0.488 e. The minimum absolute atomic E-state index is 0.354. The molecule has 3 heterocycles. The zero-order chi connectivity index (χ0) is 13.5. The number of rotatable bonds is 2. The number of ether oxygens (including phenoxy) is 1. The molecule has 20 heavy (non-hydrogen) atoms. The van der Waals surface area contributed by atoms with Gasteiger partial charge in [-0.3, -0.25) is 4.90 Å². The second-order valence-corrected chi connectivity index (χ2v) is 6.74. The molecule has 1 aromatic carbocycles. The Morgan fingerprint density at radius 2 is 2.30 bits per heavy atom. The topological polar surface area (TPSA) is 24.5 Å². The number of hydrogen-bond donors (Lipinski definition) is 1. The van der Waals surface area contributed by atoms with Crippen LogP contribution in [0, 0.1) is 12.8 Å². The number of aryl methyl sites for hydroxylation is 1. The molecule has 2 saturated heterocycles. The summed E-state index contributed by atoms with van der Waals surface area (Å²) in [5, 5.41) is 3.68. The van der Waals surface area contributed by atoms with Crippen LogP contribution in [0.25, 0.3) is 0 Å². The van der Waals surface area contributed by atoms with E-state index in [1.807, 2.05) is 0 Å². The summed E-state index contributed by atoms with van der Waals surface area (Å²) in [6, 6.07) is 7.29. The van der Waals surface area contributed by atoms with Gasteiger partial charge in [-0.1, -0.05) is 17.7 Å². The Labute approximate surface area is 121 Å². The van der Waals surface area contributed by atoms with Gasteiger partial charge in [0.2, 0.25) is 0 Å². The second kappa shape index (κ2) is 5.05. The number of fused-ring (bicyclic) bond motifs is 2. The van der Waals surface area contributed by atoms with Crippen molar-refractivity contribution in [1.82, 2.24) is 10.2 Å². The number of benzene rings is 1. The maximum Gasteiger partial charge on any atom is 0.123 e. The normalized spacial score (nSPS) is 32.8. The van der Waals surface area contributed by atoms with E-state index < -0.39 is 0 Å². The average Bonchev–Trinajstić information content (AvgIpc) is 3.00. The zero-order valence-corrected chi connectivity index (χ0v) is 12.3. The molecule has 3 aliphatic heterocycles. The molecule has 1 aromatic rings. The molecule has 0 spiro atoms. The van der Waals surface area contributed by atoms with E-state index in [-0.39, 0.29) is 0 Å². The van der Waals surface area contributed by atoms with Crippen molar-refractivity contribution in [1.29, 1.82) is 0 Å². The lowest BCUT2D eigenvalue weighted by atomic mass is 9.94. The Bertz CT molecular complexity index is 488. The van der Waals surface area contributed by atoms with Crippen molar-refractivity contribution in [2.24, 2.45) is 5.92 Å². The third-order valence-electron chi connectivity index (χ3n) is 5.09. The van der Waals surface area contributed by atoms with Gasteiger partial charge in [0.1, 0.15) is 11.9 Å². The van der Waals surface area contributed by atoms with Crippen LogP contribution in [-0.2, 0) is 6.42 Å². The van der Waals surface area contributed by atoms with Crippen LogP contribution in [0.15, 0.2) is 18.2 Å². The number of likely N-dealkylation sites (tertiary alicyclic amines) is 1. The summed E-state index contributed by atoms with van der Waals surface area (Å²) in [4.78, 5) is 2.61. The molecule has 3 heteroatoms. The molecule has 108 valence electrons. The van der Waals surface area contributed by atoms with Gasteiger partial charge in [-0.2, -0.15) is 0 Å². The fourth-order valence-electron chi connectivity index (χ4n) is 4.12. The molecular weight excluding hydrogens is 248 g/mol. The highest BCUT2D eigenvalue weighted by atomic mass is 16.5. The number of piperidine rings is 1. The first kappa shape index (κ1) is 12.7. The largest absolute Gasteiger partial charge is 0.488 e. The predicted octanol–water partition coefficient (Wildman–Crippen LogP) is 1.98. The van der Waals surface area contributed by atoms with Crippen molar-refractivity contribution in [2.75, 3.05) is 26.2 Å². The number of nitrogens with zero attached hydrogens (tertiary/aromatic N) is 1. The van der Waals surface area contributed by atoms with Gasteiger partial charge in [0, 0.05) is 32.1 Å². The first-order valence-electron chi connectivity index (χ1n) is 8.00. The molecule has 3 atom stereocenters. The highest BCUT2D eigenvalue weighted by molar-refractivity contribution is 5.40. The summed E-state index contributed by atoms with van der Waals surface area (Å²) in [6.07, 6.45) is 4.18. The van der Waals surface area contributed by atoms with E-state index in [0.717, 1.165) is 30.7 Å². The Morgan fingerprint density at radius 3 is 3.20 bits per heavy atom. The maximum atomic E-state index is 6.12. The molecular formula is C17H24N2O. The van der Waals surface area contributed by atoms with Crippen LogP contribution < -0.4 is 10.1 Å². The van der Waals surface area contributed by atoms with Gasteiger partial charge in [0.25, 0.3) is 0 Å². The van der Waals surface area contributed by atoms with Gasteiger partial charge in [-0.15, -0.1) is 0 Å². The lowest BCUT2D eigenvalue weighted by Gasteiger charge is -2.24. The van der Waals surface area contributed by atoms with Crippen LogP contribution in [0.3, 0.4) is 0 Å². The van der Waals surface area contributed by atoms with Gasteiger partial charge in [0.15, 0.2) is 0 Å². The van der Waals surface area contributed by atoms with E-state index in [9.17, 15) is 0 Å². The summed E-state index contributed by atoms with van der Waals surface area (Å²) < 4.78 is 6.12. The van der Waals surface area contributed by atoms with E-state index in [1.54, 1.807) is 0 Å². The van der Waals surface area contributed by atoms with Gasteiger partial charge >= 0.3 is 0 Å². The van der Waals surface area contributed by atoms with Crippen molar-refractivity contribution < 1.29 is 4.74 Å². The molecule has 1 N–H and O–H groups in total. The Balaban J connectivity index is 1.37. The van der Waals surface area contributed by atoms with Gasteiger partial charge < -0.3 is 10.1 Å². The molecule has 3 unspecified atom stereocenters. The molecule has 0 radical (unpaired) electrons.